The Labute approximate surface area is 123 Å². The van der Waals surface area contributed by atoms with Crippen LogP contribution in [0.1, 0.15) is 6.42 Å². The van der Waals surface area contributed by atoms with Gasteiger partial charge in [-0.25, -0.2) is 0 Å². The summed E-state index contributed by atoms with van der Waals surface area (Å²) in [6, 6.07) is 24.3. The summed E-state index contributed by atoms with van der Waals surface area (Å²) in [6.45, 7) is 4.80. The summed E-state index contributed by atoms with van der Waals surface area (Å²) in [5.74, 6) is 0. The van der Waals surface area contributed by atoms with Gasteiger partial charge in [0.25, 0.3) is 0 Å². The first kappa shape index (κ1) is 13.8. The van der Waals surface area contributed by atoms with Crippen molar-refractivity contribution in [2.75, 3.05) is 0 Å². The van der Waals surface area contributed by atoms with Gasteiger partial charge in [0.1, 0.15) is 0 Å². The van der Waals surface area contributed by atoms with Crippen molar-refractivity contribution in [3.8, 4) is 0 Å². The van der Waals surface area contributed by atoms with Crippen LogP contribution in [0.25, 0.3) is 0 Å². The van der Waals surface area contributed by atoms with Gasteiger partial charge in [0.2, 0.25) is 16.6 Å². The second-order valence-electron chi connectivity index (χ2n) is 6.15. The molecule has 2 aromatic carbocycles. The molecule has 104 valence electrons. The van der Waals surface area contributed by atoms with E-state index in [2.05, 4.69) is 73.8 Å². The first-order valence-electron chi connectivity index (χ1n) is 7.44. The molecule has 1 saturated heterocycles. The predicted octanol–water partition coefficient (Wildman–Crippen LogP) is 3.37. The van der Waals surface area contributed by atoms with Crippen LogP contribution in [0.2, 0.25) is 25.2 Å². The van der Waals surface area contributed by atoms with Crippen LogP contribution in [-0.4, -0.2) is 16.6 Å². The van der Waals surface area contributed by atoms with Crippen molar-refractivity contribution in [1.29, 1.82) is 0 Å². The molecule has 3 rings (SSSR count). The summed E-state index contributed by atoms with van der Waals surface area (Å²) in [5.41, 5.74) is 0. The van der Waals surface area contributed by atoms with Crippen LogP contribution in [0, 0.1) is 0 Å². The first-order valence-corrected chi connectivity index (χ1v) is 12.7. The van der Waals surface area contributed by atoms with Crippen molar-refractivity contribution in [2.24, 2.45) is 0 Å². The molecule has 2 aromatic rings. The lowest BCUT2D eigenvalue weighted by Crippen LogP contribution is -2.63. The Morgan fingerprint density at radius 2 is 1.10 bits per heavy atom. The molecule has 0 N–H and O–H groups in total. The van der Waals surface area contributed by atoms with Gasteiger partial charge in [-0.1, -0.05) is 67.1 Å². The third kappa shape index (κ3) is 2.53. The van der Waals surface area contributed by atoms with Crippen molar-refractivity contribution >= 4 is 27.0 Å². The Morgan fingerprint density at radius 1 is 0.700 bits per heavy atom. The molecule has 20 heavy (non-hydrogen) atoms. The van der Waals surface area contributed by atoms with Crippen LogP contribution in [-0.2, 0) is 4.12 Å². The Kier molecular flexibility index (Phi) is 3.67. The number of rotatable bonds is 2. The smallest absolute Gasteiger partial charge is 0.209 e. The lowest BCUT2D eigenvalue weighted by atomic mass is 10.4. The lowest BCUT2D eigenvalue weighted by Gasteiger charge is -2.43. The molecule has 1 aliphatic rings. The van der Waals surface area contributed by atoms with Crippen molar-refractivity contribution < 1.29 is 4.12 Å². The summed E-state index contributed by atoms with van der Waals surface area (Å²) in [4.78, 5) is 0. The molecule has 0 spiro atoms. The van der Waals surface area contributed by atoms with E-state index in [9.17, 15) is 0 Å². The highest BCUT2D eigenvalue weighted by molar-refractivity contribution is 6.98. The molecule has 3 heteroatoms. The van der Waals surface area contributed by atoms with Gasteiger partial charge in [-0.3, -0.25) is 0 Å². The van der Waals surface area contributed by atoms with Crippen LogP contribution in [0.15, 0.2) is 60.7 Å². The Hall–Kier alpha value is -1.17. The molecule has 1 heterocycles. The average molecular weight is 299 g/mol. The Morgan fingerprint density at radius 3 is 1.50 bits per heavy atom. The van der Waals surface area contributed by atoms with E-state index >= 15 is 0 Å². The van der Waals surface area contributed by atoms with Crippen molar-refractivity contribution in [1.82, 2.24) is 0 Å². The molecule has 0 aromatic heterocycles. The zero-order chi connectivity index (χ0) is 14.1. The SMILES string of the molecule is C[Si@@]1(c2ccccc2)CCC[Si@@](C)(c2ccccc2)O1. The molecule has 0 saturated carbocycles. The molecule has 0 radical (unpaired) electrons. The van der Waals surface area contributed by atoms with E-state index in [-0.39, 0.29) is 0 Å². The van der Waals surface area contributed by atoms with Crippen LogP contribution >= 0.6 is 0 Å². The predicted molar refractivity (Wildman–Crippen MR) is 90.7 cm³/mol. The minimum atomic E-state index is -1.77. The van der Waals surface area contributed by atoms with Gasteiger partial charge in [-0.05, 0) is 35.6 Å². The van der Waals surface area contributed by atoms with E-state index in [0.29, 0.717) is 0 Å². The van der Waals surface area contributed by atoms with Gasteiger partial charge in [0.15, 0.2) is 0 Å². The molecule has 1 nitrogen and oxygen atoms in total. The fourth-order valence-corrected chi connectivity index (χ4v) is 13.5. The summed E-state index contributed by atoms with van der Waals surface area (Å²) in [5, 5.41) is 2.91. The Bertz CT molecular complexity index is 521. The minimum Gasteiger partial charge on any atom is -0.448 e. The largest absolute Gasteiger partial charge is 0.448 e. The molecular formula is C17H22OSi2. The summed E-state index contributed by atoms with van der Waals surface area (Å²) in [6.07, 6.45) is 1.31. The molecule has 0 aliphatic carbocycles. The zero-order valence-electron chi connectivity index (χ0n) is 12.3. The van der Waals surface area contributed by atoms with Crippen molar-refractivity contribution in [3.63, 3.8) is 0 Å². The molecule has 2 atom stereocenters. The van der Waals surface area contributed by atoms with Crippen LogP contribution < -0.4 is 10.4 Å². The molecule has 0 bridgehead atoms. The van der Waals surface area contributed by atoms with E-state index < -0.39 is 16.6 Å². The third-order valence-corrected chi connectivity index (χ3v) is 13.9. The summed E-state index contributed by atoms with van der Waals surface area (Å²) < 4.78 is 6.91. The monoisotopic (exact) mass is 298 g/mol. The highest BCUT2D eigenvalue weighted by Gasteiger charge is 2.45. The van der Waals surface area contributed by atoms with Crippen LogP contribution in [0.3, 0.4) is 0 Å². The van der Waals surface area contributed by atoms with E-state index in [4.69, 9.17) is 4.12 Å². The van der Waals surface area contributed by atoms with Crippen LogP contribution in [0.5, 0.6) is 0 Å². The highest BCUT2D eigenvalue weighted by atomic mass is 28.4. The van der Waals surface area contributed by atoms with Gasteiger partial charge in [-0.15, -0.1) is 0 Å². The summed E-state index contributed by atoms with van der Waals surface area (Å²) in [7, 11) is -3.54. The van der Waals surface area contributed by atoms with E-state index in [1.807, 2.05) is 0 Å². The highest BCUT2D eigenvalue weighted by Crippen LogP contribution is 2.31. The van der Waals surface area contributed by atoms with Crippen LogP contribution in [0.4, 0.5) is 0 Å². The number of hydrogen-bond acceptors (Lipinski definition) is 1. The minimum absolute atomic E-state index is 1.26. The number of hydrogen-bond donors (Lipinski definition) is 0. The zero-order valence-corrected chi connectivity index (χ0v) is 14.3. The van der Waals surface area contributed by atoms with Gasteiger partial charge in [-0.2, -0.15) is 0 Å². The molecule has 1 fully saturated rings. The topological polar surface area (TPSA) is 9.23 Å². The fourth-order valence-electron chi connectivity index (χ4n) is 3.35. The van der Waals surface area contributed by atoms with E-state index in [0.717, 1.165) is 0 Å². The maximum Gasteiger partial charge on any atom is 0.209 e. The van der Waals surface area contributed by atoms with Gasteiger partial charge in [0.05, 0.1) is 0 Å². The molecule has 1 aliphatic heterocycles. The number of benzene rings is 2. The molecule has 0 unspecified atom stereocenters. The maximum atomic E-state index is 6.91. The second-order valence-corrected chi connectivity index (χ2v) is 14.0. The maximum absolute atomic E-state index is 6.91. The lowest BCUT2D eigenvalue weighted by molar-refractivity contribution is 0.526. The standard InChI is InChI=1S/C17H22OSi2/c1-19(16-10-5-3-6-11-16)14-9-15-20(2,18-19)17-12-7-4-8-13-17/h3-8,10-13H,9,14-15H2,1-2H3/t19-,20-/m0/s1. The van der Waals surface area contributed by atoms with Crippen molar-refractivity contribution in [2.45, 2.75) is 31.6 Å². The molecule has 0 amide bonds. The first-order chi connectivity index (χ1) is 9.62. The van der Waals surface area contributed by atoms with Gasteiger partial charge < -0.3 is 4.12 Å². The summed E-state index contributed by atoms with van der Waals surface area (Å²) >= 11 is 0. The van der Waals surface area contributed by atoms with Gasteiger partial charge >= 0.3 is 0 Å². The van der Waals surface area contributed by atoms with Crippen molar-refractivity contribution in [3.05, 3.63) is 60.7 Å². The second kappa shape index (κ2) is 5.32. The molecular weight excluding hydrogens is 276 g/mol. The quantitative estimate of drug-likeness (QED) is 0.773. The van der Waals surface area contributed by atoms with E-state index in [1.54, 1.807) is 0 Å². The Balaban J connectivity index is 1.94. The fraction of sp³-hybridized carbons (Fsp3) is 0.294. The van der Waals surface area contributed by atoms with Gasteiger partial charge in [0, 0.05) is 0 Å². The van der Waals surface area contributed by atoms with E-state index in [1.165, 1.54) is 28.9 Å². The average Bonchev–Trinajstić information content (AvgIpc) is 2.49. The normalized spacial score (nSPS) is 30.1. The third-order valence-electron chi connectivity index (χ3n) is 4.53.